The molecule has 256 valence electrons. The van der Waals surface area contributed by atoms with Crippen LogP contribution in [-0.2, 0) is 20.3 Å². The first kappa shape index (κ1) is 35.0. The smallest absolute Gasteiger partial charge is 0.429 e. The summed E-state index contributed by atoms with van der Waals surface area (Å²) in [4.78, 5) is 0. The lowest BCUT2D eigenvalue weighted by molar-refractivity contribution is -0.275. The minimum atomic E-state index is -5.26. The second-order valence-corrected chi connectivity index (χ2v) is 10.7. The molecular formula is C34H27F9O5. The minimum Gasteiger partial charge on any atom is -0.429 e. The second-order valence-electron chi connectivity index (χ2n) is 10.7. The lowest BCUT2D eigenvalue weighted by Crippen LogP contribution is -2.33. The number of benzene rings is 4. The van der Waals surface area contributed by atoms with Crippen molar-refractivity contribution in [3.05, 3.63) is 107 Å². The molecule has 4 aromatic carbocycles. The molecule has 1 fully saturated rings. The van der Waals surface area contributed by atoms with Crippen LogP contribution in [0.1, 0.15) is 37.2 Å². The van der Waals surface area contributed by atoms with Crippen LogP contribution in [0, 0.1) is 23.3 Å². The van der Waals surface area contributed by atoms with Crippen LogP contribution in [0.4, 0.5) is 39.5 Å². The topological polar surface area (TPSA) is 46.2 Å². The fraction of sp³-hybridized carbons (Fsp3) is 0.294. The molecule has 0 saturated carbocycles. The van der Waals surface area contributed by atoms with Crippen molar-refractivity contribution in [3.63, 3.8) is 0 Å². The molecule has 0 bridgehead atoms. The average Bonchev–Trinajstić information content (AvgIpc) is 3.01. The van der Waals surface area contributed by atoms with Crippen LogP contribution < -0.4 is 9.47 Å². The number of hydrogen-bond acceptors (Lipinski definition) is 5. The van der Waals surface area contributed by atoms with Crippen molar-refractivity contribution >= 4 is 0 Å². The molecule has 5 nitrogen and oxygen atoms in total. The van der Waals surface area contributed by atoms with E-state index >= 15 is 4.39 Å². The van der Waals surface area contributed by atoms with Gasteiger partial charge in [0, 0.05) is 23.8 Å². The zero-order valence-electron chi connectivity index (χ0n) is 25.1. The largest absolute Gasteiger partial charge is 0.573 e. The van der Waals surface area contributed by atoms with E-state index in [0.29, 0.717) is 55.2 Å². The Hall–Kier alpha value is -4.27. The van der Waals surface area contributed by atoms with Gasteiger partial charge in [0.2, 0.25) is 0 Å². The highest BCUT2D eigenvalue weighted by molar-refractivity contribution is 5.71. The van der Waals surface area contributed by atoms with Crippen LogP contribution in [0.5, 0.6) is 11.5 Å². The molecule has 1 heterocycles. The van der Waals surface area contributed by atoms with E-state index < -0.39 is 64.7 Å². The van der Waals surface area contributed by atoms with Gasteiger partial charge in [-0.05, 0) is 53.4 Å². The Balaban J connectivity index is 1.28. The van der Waals surface area contributed by atoms with Gasteiger partial charge in [-0.1, -0.05) is 49.7 Å². The lowest BCUT2D eigenvalue weighted by Gasteiger charge is -2.29. The van der Waals surface area contributed by atoms with Crippen molar-refractivity contribution in [1.82, 2.24) is 0 Å². The summed E-state index contributed by atoms with van der Waals surface area (Å²) in [6, 6.07) is 12.6. The van der Waals surface area contributed by atoms with E-state index in [9.17, 15) is 35.1 Å². The van der Waals surface area contributed by atoms with Gasteiger partial charge in [-0.25, -0.2) is 17.6 Å². The third-order valence-electron chi connectivity index (χ3n) is 7.22. The van der Waals surface area contributed by atoms with Crippen molar-refractivity contribution in [2.45, 2.75) is 44.6 Å². The van der Waals surface area contributed by atoms with Crippen molar-refractivity contribution < 1.29 is 63.2 Å². The molecule has 0 N–H and O–H groups in total. The van der Waals surface area contributed by atoms with Crippen molar-refractivity contribution in [3.8, 4) is 33.8 Å². The third-order valence-corrected chi connectivity index (χ3v) is 7.22. The standard InChI is InChI=1S/C34H27F9O5/c1-2-3-12-44-24-17-45-32(46-18-24)20-6-4-19(5-7-20)21-8-10-25(26(35)13-21)22-14-28(37)31(29(38)15-22)33(39,40)47-23-9-11-30(27(36)16-23)48-34(41,42)43/h4-11,13-16,24,32H,2-3,12,17-18H2,1H3. The van der Waals surface area contributed by atoms with Crippen molar-refractivity contribution in [1.29, 1.82) is 0 Å². The highest BCUT2D eigenvalue weighted by Crippen LogP contribution is 2.39. The number of alkyl halides is 5. The van der Waals surface area contributed by atoms with Crippen LogP contribution in [0.2, 0.25) is 0 Å². The van der Waals surface area contributed by atoms with E-state index in [1.807, 2.05) is 0 Å². The summed E-state index contributed by atoms with van der Waals surface area (Å²) in [6.45, 7) is 3.43. The predicted molar refractivity (Wildman–Crippen MR) is 154 cm³/mol. The van der Waals surface area contributed by atoms with E-state index in [1.54, 1.807) is 24.3 Å². The number of ether oxygens (including phenoxy) is 5. The van der Waals surface area contributed by atoms with E-state index in [-0.39, 0.29) is 17.7 Å². The Labute approximate surface area is 268 Å². The number of unbranched alkanes of at least 4 members (excludes halogenated alkanes) is 1. The highest BCUT2D eigenvalue weighted by atomic mass is 19.4. The molecule has 0 unspecified atom stereocenters. The Kier molecular flexibility index (Phi) is 10.6. The summed E-state index contributed by atoms with van der Waals surface area (Å²) in [5.74, 6) is -8.66. The molecular weight excluding hydrogens is 659 g/mol. The van der Waals surface area contributed by atoms with Crippen LogP contribution in [0.3, 0.4) is 0 Å². The fourth-order valence-electron chi connectivity index (χ4n) is 4.89. The maximum Gasteiger partial charge on any atom is 0.573 e. The molecule has 0 aliphatic carbocycles. The lowest BCUT2D eigenvalue weighted by atomic mass is 9.97. The normalized spacial score (nSPS) is 17.0. The maximum absolute atomic E-state index is 15.2. The SMILES string of the molecule is CCCCOC1COC(c2ccc(-c3ccc(-c4cc(F)c(C(F)(F)Oc5ccc(OC(F)(F)F)c(F)c5)c(F)c4)c(F)c3)cc2)OC1. The summed E-state index contributed by atoms with van der Waals surface area (Å²) in [7, 11) is 0. The molecule has 1 aliphatic rings. The summed E-state index contributed by atoms with van der Waals surface area (Å²) in [5, 5.41) is 0. The Morgan fingerprint density at radius 3 is 1.90 bits per heavy atom. The predicted octanol–water partition coefficient (Wildman–Crippen LogP) is 9.83. The van der Waals surface area contributed by atoms with Gasteiger partial charge in [0.15, 0.2) is 17.9 Å². The van der Waals surface area contributed by atoms with Gasteiger partial charge in [0.1, 0.15) is 34.9 Å². The van der Waals surface area contributed by atoms with E-state index in [0.717, 1.165) is 24.5 Å². The Bertz CT molecular complexity index is 1700. The first-order chi connectivity index (χ1) is 22.7. The molecule has 48 heavy (non-hydrogen) atoms. The Morgan fingerprint density at radius 2 is 1.31 bits per heavy atom. The molecule has 5 rings (SSSR count). The molecule has 0 atom stereocenters. The molecule has 1 aliphatic heterocycles. The molecule has 14 heteroatoms. The van der Waals surface area contributed by atoms with Gasteiger partial charge >= 0.3 is 12.5 Å². The van der Waals surface area contributed by atoms with Gasteiger partial charge in [0.25, 0.3) is 0 Å². The maximum atomic E-state index is 15.2. The first-order valence-electron chi connectivity index (χ1n) is 14.6. The van der Waals surface area contributed by atoms with Crippen LogP contribution >= 0.6 is 0 Å². The molecule has 1 saturated heterocycles. The minimum absolute atomic E-state index is 0.126. The molecule has 4 aromatic rings. The van der Waals surface area contributed by atoms with Crippen molar-refractivity contribution in [2.75, 3.05) is 19.8 Å². The zero-order valence-corrected chi connectivity index (χ0v) is 25.1. The van der Waals surface area contributed by atoms with Crippen LogP contribution in [0.25, 0.3) is 22.3 Å². The van der Waals surface area contributed by atoms with Gasteiger partial charge in [-0.2, -0.15) is 8.78 Å². The zero-order chi connectivity index (χ0) is 34.6. The van der Waals surface area contributed by atoms with E-state index in [4.69, 9.17) is 14.2 Å². The molecule has 0 aromatic heterocycles. The average molecular weight is 687 g/mol. The van der Waals surface area contributed by atoms with Crippen LogP contribution in [0.15, 0.2) is 72.8 Å². The monoisotopic (exact) mass is 686 g/mol. The number of rotatable bonds is 11. The van der Waals surface area contributed by atoms with Gasteiger partial charge in [-0.3, -0.25) is 0 Å². The van der Waals surface area contributed by atoms with Gasteiger partial charge in [-0.15, -0.1) is 13.2 Å². The first-order valence-corrected chi connectivity index (χ1v) is 14.6. The summed E-state index contributed by atoms with van der Waals surface area (Å²) in [6.07, 6.45) is -8.81. The quantitative estimate of drug-likeness (QED) is 0.116. The Morgan fingerprint density at radius 1 is 0.688 bits per heavy atom. The van der Waals surface area contributed by atoms with E-state index in [2.05, 4.69) is 16.4 Å². The second kappa shape index (κ2) is 14.5. The van der Waals surface area contributed by atoms with Gasteiger partial charge < -0.3 is 23.7 Å². The summed E-state index contributed by atoms with van der Waals surface area (Å²) < 4.78 is 150. The number of hydrogen-bond donors (Lipinski definition) is 0. The third kappa shape index (κ3) is 8.41. The highest BCUT2D eigenvalue weighted by Gasteiger charge is 2.42. The molecule has 0 spiro atoms. The molecule has 0 radical (unpaired) electrons. The summed E-state index contributed by atoms with van der Waals surface area (Å²) in [5.41, 5.74) is -0.857. The molecule has 0 amide bonds. The number of halogens is 9. The van der Waals surface area contributed by atoms with Crippen LogP contribution in [-0.4, -0.2) is 32.3 Å². The fourth-order valence-corrected chi connectivity index (χ4v) is 4.89. The van der Waals surface area contributed by atoms with Gasteiger partial charge in [0.05, 0.1) is 13.2 Å². The summed E-state index contributed by atoms with van der Waals surface area (Å²) >= 11 is 0. The van der Waals surface area contributed by atoms with E-state index in [1.165, 1.54) is 12.1 Å². The van der Waals surface area contributed by atoms with Crippen molar-refractivity contribution in [2.24, 2.45) is 0 Å².